The Bertz CT molecular complexity index is 906. The minimum Gasteiger partial charge on any atom is -0.423 e. The largest absolute Gasteiger partial charge is 0.423 e. The molecule has 0 unspecified atom stereocenters. The van der Waals surface area contributed by atoms with E-state index in [-0.39, 0.29) is 5.97 Å². The van der Waals surface area contributed by atoms with E-state index in [9.17, 15) is 4.79 Å². The normalized spacial score (nSPS) is 10.7. The number of ether oxygens (including phenoxy) is 1. The van der Waals surface area contributed by atoms with Gasteiger partial charge in [0.2, 0.25) is 0 Å². The van der Waals surface area contributed by atoms with Gasteiger partial charge in [-0.2, -0.15) is 0 Å². The van der Waals surface area contributed by atoms with E-state index in [2.05, 4.69) is 38.1 Å². The zero-order chi connectivity index (χ0) is 21.2. The molecule has 0 aliphatic heterocycles. The van der Waals surface area contributed by atoms with Gasteiger partial charge in [0.05, 0.1) is 5.56 Å². The first kappa shape index (κ1) is 21.8. The van der Waals surface area contributed by atoms with Crippen LogP contribution in [0.2, 0.25) is 0 Å². The Morgan fingerprint density at radius 2 is 1.20 bits per heavy atom. The highest BCUT2D eigenvalue weighted by Gasteiger charge is 2.09. The van der Waals surface area contributed by atoms with Gasteiger partial charge in [0.15, 0.2) is 0 Å². The van der Waals surface area contributed by atoms with Crippen molar-refractivity contribution < 1.29 is 9.53 Å². The van der Waals surface area contributed by atoms with Crippen molar-refractivity contribution in [2.45, 2.75) is 58.8 Å². The van der Waals surface area contributed by atoms with Crippen molar-refractivity contribution in [1.29, 1.82) is 0 Å². The van der Waals surface area contributed by atoms with E-state index in [1.165, 1.54) is 42.4 Å². The number of benzene rings is 3. The summed E-state index contributed by atoms with van der Waals surface area (Å²) in [7, 11) is 0. The summed E-state index contributed by atoms with van der Waals surface area (Å²) in [6.45, 7) is 4.39. The molecule has 2 heteroatoms. The average molecular weight is 401 g/mol. The maximum Gasteiger partial charge on any atom is 0.343 e. The minimum absolute atomic E-state index is 0.321. The highest BCUT2D eigenvalue weighted by Crippen LogP contribution is 2.24. The van der Waals surface area contributed by atoms with Crippen LogP contribution in [-0.2, 0) is 12.8 Å². The number of carbonyl (C=O) groups is 1. The van der Waals surface area contributed by atoms with E-state index < -0.39 is 0 Å². The second kappa shape index (κ2) is 11.3. The van der Waals surface area contributed by atoms with E-state index in [1.807, 2.05) is 48.5 Å². The molecule has 0 aliphatic rings. The Hall–Kier alpha value is -2.87. The Kier molecular flexibility index (Phi) is 8.26. The molecule has 156 valence electrons. The number of carbonyl (C=O) groups excluding carboxylic acids is 1. The van der Waals surface area contributed by atoms with Crippen LogP contribution < -0.4 is 4.74 Å². The molecule has 0 fully saturated rings. The van der Waals surface area contributed by atoms with Crippen molar-refractivity contribution in [3.05, 3.63) is 89.5 Å². The molecule has 0 N–H and O–H groups in total. The summed E-state index contributed by atoms with van der Waals surface area (Å²) >= 11 is 0. The van der Waals surface area contributed by atoms with Gasteiger partial charge in [0.25, 0.3) is 0 Å². The first-order valence-corrected chi connectivity index (χ1v) is 11.2. The van der Waals surface area contributed by atoms with Gasteiger partial charge in [-0.15, -0.1) is 0 Å². The highest BCUT2D eigenvalue weighted by atomic mass is 16.5. The number of unbranched alkanes of at least 4 members (excludes halogenated alkanes) is 3. The lowest BCUT2D eigenvalue weighted by atomic mass is 10.0. The molecule has 0 amide bonds. The van der Waals surface area contributed by atoms with Crippen LogP contribution in [0.3, 0.4) is 0 Å². The molecule has 0 saturated carbocycles. The van der Waals surface area contributed by atoms with E-state index in [0.717, 1.165) is 24.8 Å². The van der Waals surface area contributed by atoms with Gasteiger partial charge in [-0.1, -0.05) is 88.1 Å². The van der Waals surface area contributed by atoms with Crippen LogP contribution in [0.25, 0.3) is 11.1 Å². The molecule has 0 saturated heterocycles. The van der Waals surface area contributed by atoms with Crippen molar-refractivity contribution in [2.75, 3.05) is 0 Å². The van der Waals surface area contributed by atoms with Gasteiger partial charge in [-0.25, -0.2) is 4.79 Å². The quantitative estimate of drug-likeness (QED) is 0.198. The summed E-state index contributed by atoms with van der Waals surface area (Å²) in [5.74, 6) is 0.243. The maximum absolute atomic E-state index is 12.4. The van der Waals surface area contributed by atoms with Crippen molar-refractivity contribution in [3.8, 4) is 16.9 Å². The summed E-state index contributed by atoms with van der Waals surface area (Å²) in [5.41, 5.74) is 5.51. The van der Waals surface area contributed by atoms with Crippen molar-refractivity contribution in [3.63, 3.8) is 0 Å². The fourth-order valence-corrected chi connectivity index (χ4v) is 3.60. The molecule has 30 heavy (non-hydrogen) atoms. The minimum atomic E-state index is -0.321. The summed E-state index contributed by atoms with van der Waals surface area (Å²) in [5, 5.41) is 0. The van der Waals surface area contributed by atoms with Crippen LogP contribution in [0.1, 0.15) is 67.4 Å². The molecule has 3 aromatic rings. The maximum atomic E-state index is 12.4. The van der Waals surface area contributed by atoms with Gasteiger partial charge in [0.1, 0.15) is 5.75 Å². The molecule has 0 aromatic heterocycles. The number of aryl methyl sites for hydroxylation is 2. The van der Waals surface area contributed by atoms with Crippen LogP contribution in [-0.4, -0.2) is 5.97 Å². The Balaban J connectivity index is 1.57. The molecule has 0 aliphatic carbocycles. The molecule has 0 spiro atoms. The molecular formula is C28H32O2. The monoisotopic (exact) mass is 400 g/mol. The van der Waals surface area contributed by atoms with Crippen LogP contribution in [0, 0.1) is 0 Å². The lowest BCUT2D eigenvalue weighted by Gasteiger charge is -2.08. The zero-order valence-electron chi connectivity index (χ0n) is 18.2. The second-order valence-corrected chi connectivity index (χ2v) is 7.87. The summed E-state index contributed by atoms with van der Waals surface area (Å²) in [4.78, 5) is 12.4. The number of esters is 1. The molecule has 3 aromatic carbocycles. The van der Waals surface area contributed by atoms with Crippen molar-refractivity contribution in [2.24, 2.45) is 0 Å². The van der Waals surface area contributed by atoms with E-state index in [4.69, 9.17) is 4.74 Å². The number of hydrogen-bond acceptors (Lipinski definition) is 2. The third-order valence-electron chi connectivity index (χ3n) is 5.40. The predicted molar refractivity (Wildman–Crippen MR) is 125 cm³/mol. The van der Waals surface area contributed by atoms with Crippen LogP contribution in [0.4, 0.5) is 0 Å². The Morgan fingerprint density at radius 1 is 0.633 bits per heavy atom. The van der Waals surface area contributed by atoms with E-state index >= 15 is 0 Å². The van der Waals surface area contributed by atoms with Gasteiger partial charge in [-0.05, 0) is 65.8 Å². The highest BCUT2D eigenvalue weighted by molar-refractivity contribution is 5.91. The summed E-state index contributed by atoms with van der Waals surface area (Å²) < 4.78 is 5.54. The van der Waals surface area contributed by atoms with Crippen molar-refractivity contribution in [1.82, 2.24) is 0 Å². The molecule has 0 atom stereocenters. The van der Waals surface area contributed by atoms with Gasteiger partial charge in [-0.3, -0.25) is 0 Å². The summed E-state index contributed by atoms with van der Waals surface area (Å²) in [6, 6.07) is 24.2. The van der Waals surface area contributed by atoms with Crippen LogP contribution in [0.15, 0.2) is 72.8 Å². The van der Waals surface area contributed by atoms with E-state index in [1.54, 1.807) is 0 Å². The van der Waals surface area contributed by atoms with E-state index in [0.29, 0.717) is 11.3 Å². The molecule has 0 bridgehead atoms. The third kappa shape index (κ3) is 6.32. The molecule has 2 nitrogen and oxygen atoms in total. The SMILES string of the molecule is CCCCCCc1ccc(-c2ccc(OC(=O)c3ccc(CCC)cc3)cc2)cc1. The zero-order valence-corrected chi connectivity index (χ0v) is 18.2. The fourth-order valence-electron chi connectivity index (χ4n) is 3.60. The first-order chi connectivity index (χ1) is 14.7. The Labute approximate surface area is 180 Å². The standard InChI is InChI=1S/C28H32O2/c1-3-5-6-7-9-23-10-14-24(15-11-23)25-18-20-27(21-19-25)30-28(29)26-16-12-22(8-4-2)13-17-26/h10-21H,3-9H2,1-2H3. The topological polar surface area (TPSA) is 26.3 Å². The van der Waals surface area contributed by atoms with Crippen LogP contribution >= 0.6 is 0 Å². The molecule has 3 rings (SSSR count). The van der Waals surface area contributed by atoms with Gasteiger partial charge >= 0.3 is 5.97 Å². The van der Waals surface area contributed by atoms with Gasteiger partial charge in [0, 0.05) is 0 Å². The van der Waals surface area contributed by atoms with Crippen molar-refractivity contribution >= 4 is 5.97 Å². The average Bonchev–Trinajstić information content (AvgIpc) is 2.78. The summed E-state index contributed by atoms with van der Waals surface area (Å²) in [6.07, 6.45) is 8.42. The molecule has 0 radical (unpaired) electrons. The number of hydrogen-bond donors (Lipinski definition) is 0. The lowest BCUT2D eigenvalue weighted by molar-refractivity contribution is 0.0735. The second-order valence-electron chi connectivity index (χ2n) is 7.87. The van der Waals surface area contributed by atoms with Crippen LogP contribution in [0.5, 0.6) is 5.75 Å². The third-order valence-corrected chi connectivity index (χ3v) is 5.40. The molecular weight excluding hydrogens is 368 g/mol. The fraction of sp³-hybridized carbons (Fsp3) is 0.321. The first-order valence-electron chi connectivity index (χ1n) is 11.2. The Morgan fingerprint density at radius 3 is 1.80 bits per heavy atom. The van der Waals surface area contributed by atoms with Gasteiger partial charge < -0.3 is 4.74 Å². The number of rotatable bonds is 10. The lowest BCUT2D eigenvalue weighted by Crippen LogP contribution is -2.08. The predicted octanol–water partition coefficient (Wildman–Crippen LogP) is 7.65. The smallest absolute Gasteiger partial charge is 0.343 e. The molecule has 0 heterocycles.